The minimum absolute atomic E-state index is 0. The number of rotatable bonds is 3. The Bertz CT molecular complexity index is 576. The summed E-state index contributed by atoms with van der Waals surface area (Å²) in [7, 11) is 0. The lowest BCUT2D eigenvalue weighted by molar-refractivity contribution is 0.517. The molecule has 19 heavy (non-hydrogen) atoms. The third-order valence-corrected chi connectivity index (χ3v) is 3.15. The third kappa shape index (κ3) is 3.70. The maximum absolute atomic E-state index is 11.6. The van der Waals surface area contributed by atoms with Crippen LogP contribution < -0.4 is 16.6 Å². The van der Waals surface area contributed by atoms with Gasteiger partial charge in [-0.15, -0.1) is 12.4 Å². The van der Waals surface area contributed by atoms with E-state index in [0.29, 0.717) is 18.2 Å². The summed E-state index contributed by atoms with van der Waals surface area (Å²) >= 11 is 0. The van der Waals surface area contributed by atoms with Crippen molar-refractivity contribution in [3.63, 3.8) is 0 Å². The van der Waals surface area contributed by atoms with Gasteiger partial charge in [-0.25, -0.2) is 4.79 Å². The lowest BCUT2D eigenvalue weighted by Gasteiger charge is -2.23. The Balaban J connectivity index is 0.00000180. The molecule has 2 N–H and O–H groups in total. The quantitative estimate of drug-likeness (QED) is 0.846. The molecule has 0 aliphatic carbocycles. The van der Waals surface area contributed by atoms with Crippen LogP contribution in [0.25, 0.3) is 0 Å². The van der Waals surface area contributed by atoms with Crippen molar-refractivity contribution < 1.29 is 0 Å². The van der Waals surface area contributed by atoms with Crippen LogP contribution in [0.1, 0.15) is 25.3 Å². The van der Waals surface area contributed by atoms with Gasteiger partial charge in [0.15, 0.2) is 0 Å². The standard InChI is InChI=1S/C12H18N4O2.ClH/c1-3-9-4-5-13-10(14-9)7-16-6-8(2)11(17)15-12(16)18;/h6,9H,3-5,7H2,1-2H3,(H,13,14)(H,15,17,18);1H. The van der Waals surface area contributed by atoms with Gasteiger partial charge in [-0.3, -0.25) is 19.3 Å². The highest BCUT2D eigenvalue weighted by atomic mass is 35.5. The van der Waals surface area contributed by atoms with Crippen LogP contribution in [0.15, 0.2) is 20.8 Å². The second-order valence-corrected chi connectivity index (χ2v) is 4.57. The van der Waals surface area contributed by atoms with Crippen LogP contribution >= 0.6 is 12.4 Å². The van der Waals surface area contributed by atoms with Crippen molar-refractivity contribution in [2.24, 2.45) is 4.99 Å². The normalized spacial score (nSPS) is 18.2. The van der Waals surface area contributed by atoms with Gasteiger partial charge in [-0.05, 0) is 19.8 Å². The molecule has 1 atom stereocenters. The van der Waals surface area contributed by atoms with Crippen LogP contribution in [-0.2, 0) is 6.54 Å². The van der Waals surface area contributed by atoms with Crippen LogP contribution in [0.4, 0.5) is 0 Å². The number of halogens is 1. The largest absolute Gasteiger partial charge is 0.370 e. The second kappa shape index (κ2) is 6.56. The van der Waals surface area contributed by atoms with Crippen molar-refractivity contribution in [3.05, 3.63) is 32.6 Å². The molecular weight excluding hydrogens is 268 g/mol. The molecule has 6 nitrogen and oxygen atoms in total. The van der Waals surface area contributed by atoms with Crippen molar-refractivity contribution in [1.29, 1.82) is 0 Å². The maximum Gasteiger partial charge on any atom is 0.328 e. The molecule has 2 heterocycles. The van der Waals surface area contributed by atoms with Gasteiger partial charge < -0.3 is 5.32 Å². The first-order valence-corrected chi connectivity index (χ1v) is 6.20. The average molecular weight is 287 g/mol. The van der Waals surface area contributed by atoms with E-state index < -0.39 is 5.69 Å². The minimum Gasteiger partial charge on any atom is -0.370 e. The van der Waals surface area contributed by atoms with Gasteiger partial charge in [-0.2, -0.15) is 0 Å². The Morgan fingerprint density at radius 2 is 2.21 bits per heavy atom. The number of hydrogen-bond donors (Lipinski definition) is 2. The van der Waals surface area contributed by atoms with Gasteiger partial charge >= 0.3 is 5.69 Å². The van der Waals surface area contributed by atoms with E-state index in [1.54, 1.807) is 13.1 Å². The predicted octanol–water partition coefficient (Wildman–Crippen LogP) is 0.437. The lowest BCUT2D eigenvalue weighted by Crippen LogP contribution is -2.43. The van der Waals surface area contributed by atoms with Crippen molar-refractivity contribution in [2.75, 3.05) is 6.54 Å². The first kappa shape index (κ1) is 15.5. The van der Waals surface area contributed by atoms with Crippen LogP contribution in [-0.4, -0.2) is 28.0 Å². The van der Waals surface area contributed by atoms with E-state index in [1.165, 1.54) is 4.57 Å². The third-order valence-electron chi connectivity index (χ3n) is 3.15. The number of aryl methyl sites for hydroxylation is 1. The summed E-state index contributed by atoms with van der Waals surface area (Å²) in [5.74, 6) is 0.807. The Labute approximate surface area is 117 Å². The number of amidine groups is 1. The maximum atomic E-state index is 11.6. The zero-order valence-electron chi connectivity index (χ0n) is 11.1. The molecule has 1 aliphatic rings. The summed E-state index contributed by atoms with van der Waals surface area (Å²) < 4.78 is 1.47. The fourth-order valence-corrected chi connectivity index (χ4v) is 2.01. The fraction of sp³-hybridized carbons (Fsp3) is 0.583. The van der Waals surface area contributed by atoms with Gasteiger partial charge in [0.2, 0.25) is 0 Å². The van der Waals surface area contributed by atoms with Crippen molar-refractivity contribution in [2.45, 2.75) is 39.3 Å². The summed E-state index contributed by atoms with van der Waals surface area (Å²) in [6.45, 7) is 4.97. The highest BCUT2D eigenvalue weighted by Gasteiger charge is 2.14. The number of hydrogen-bond acceptors (Lipinski definition) is 4. The molecule has 1 aromatic rings. The van der Waals surface area contributed by atoms with Gasteiger partial charge in [0, 0.05) is 24.3 Å². The highest BCUT2D eigenvalue weighted by Crippen LogP contribution is 2.04. The molecule has 0 spiro atoms. The SMILES string of the molecule is CCC1CCN=C(Cn2cc(C)c(=O)[nH]c2=O)N1.Cl. The molecule has 2 rings (SSSR count). The Kier molecular flexibility index (Phi) is 5.35. The molecule has 0 saturated heterocycles. The van der Waals surface area contributed by atoms with Crippen molar-refractivity contribution in [1.82, 2.24) is 14.9 Å². The molecule has 106 valence electrons. The molecule has 7 heteroatoms. The zero-order valence-corrected chi connectivity index (χ0v) is 11.9. The number of H-pyrrole nitrogens is 1. The highest BCUT2D eigenvalue weighted by molar-refractivity contribution is 5.85. The van der Waals surface area contributed by atoms with E-state index in [9.17, 15) is 9.59 Å². The van der Waals surface area contributed by atoms with Gasteiger partial charge in [0.25, 0.3) is 5.56 Å². The lowest BCUT2D eigenvalue weighted by atomic mass is 10.1. The monoisotopic (exact) mass is 286 g/mol. The van der Waals surface area contributed by atoms with Crippen LogP contribution in [0.2, 0.25) is 0 Å². The first-order chi connectivity index (χ1) is 8.60. The second-order valence-electron chi connectivity index (χ2n) is 4.57. The minimum atomic E-state index is -0.395. The fourth-order valence-electron chi connectivity index (χ4n) is 2.01. The molecule has 1 aromatic heterocycles. The molecule has 1 unspecified atom stereocenters. The molecule has 0 aromatic carbocycles. The van der Waals surface area contributed by atoms with Crippen LogP contribution in [0.3, 0.4) is 0 Å². The molecule has 0 fully saturated rings. The summed E-state index contributed by atoms with van der Waals surface area (Å²) in [5.41, 5.74) is -0.201. The van der Waals surface area contributed by atoms with Gasteiger partial charge in [0.1, 0.15) is 5.84 Å². The number of aromatic nitrogens is 2. The Hall–Kier alpha value is -1.56. The van der Waals surface area contributed by atoms with Gasteiger partial charge in [-0.1, -0.05) is 6.92 Å². The Morgan fingerprint density at radius 1 is 1.47 bits per heavy atom. The van der Waals surface area contributed by atoms with E-state index in [-0.39, 0.29) is 18.0 Å². The number of aromatic amines is 1. The summed E-state index contributed by atoms with van der Waals surface area (Å²) in [6.07, 6.45) is 3.64. The van der Waals surface area contributed by atoms with Crippen molar-refractivity contribution in [3.8, 4) is 0 Å². The molecular formula is C12H19ClN4O2. The number of nitrogens with zero attached hydrogens (tertiary/aromatic N) is 2. The number of nitrogens with one attached hydrogen (secondary N) is 2. The first-order valence-electron chi connectivity index (χ1n) is 6.20. The van der Waals surface area contributed by atoms with Gasteiger partial charge in [0.05, 0.1) is 6.54 Å². The molecule has 0 radical (unpaired) electrons. The van der Waals surface area contributed by atoms with Crippen molar-refractivity contribution >= 4 is 18.2 Å². The van der Waals surface area contributed by atoms with Crippen LogP contribution in [0.5, 0.6) is 0 Å². The topological polar surface area (TPSA) is 79.2 Å². The smallest absolute Gasteiger partial charge is 0.328 e. The summed E-state index contributed by atoms with van der Waals surface area (Å²) in [6, 6.07) is 0.428. The van der Waals surface area contributed by atoms with E-state index in [2.05, 4.69) is 22.2 Å². The predicted molar refractivity (Wildman–Crippen MR) is 77.4 cm³/mol. The Morgan fingerprint density at radius 3 is 2.89 bits per heavy atom. The zero-order chi connectivity index (χ0) is 13.1. The van der Waals surface area contributed by atoms with E-state index in [1.807, 2.05) is 0 Å². The molecule has 1 aliphatic heterocycles. The van der Waals surface area contributed by atoms with E-state index >= 15 is 0 Å². The summed E-state index contributed by atoms with van der Waals surface area (Å²) in [5, 5.41) is 3.31. The summed E-state index contributed by atoms with van der Waals surface area (Å²) in [4.78, 5) is 29.6. The van der Waals surface area contributed by atoms with E-state index in [0.717, 1.165) is 25.2 Å². The van der Waals surface area contributed by atoms with Crippen LogP contribution in [0, 0.1) is 6.92 Å². The number of aliphatic imine (C=N–C) groups is 1. The van der Waals surface area contributed by atoms with E-state index in [4.69, 9.17) is 0 Å². The average Bonchev–Trinajstić information content (AvgIpc) is 2.36. The molecule has 0 bridgehead atoms. The molecule has 0 saturated carbocycles. The molecule has 0 amide bonds.